The van der Waals surface area contributed by atoms with Gasteiger partial charge in [0.25, 0.3) is 5.92 Å². The summed E-state index contributed by atoms with van der Waals surface area (Å²) in [6.07, 6.45) is -0.396. The smallest absolute Gasteiger partial charge is 0.324 e. The summed E-state index contributed by atoms with van der Waals surface area (Å²) in [6.45, 7) is 0. The molecule has 5 heteroatoms. The van der Waals surface area contributed by atoms with Crippen LogP contribution in [-0.2, 0) is 4.79 Å². The van der Waals surface area contributed by atoms with E-state index in [1.54, 1.807) is 6.07 Å². The van der Waals surface area contributed by atoms with Crippen molar-refractivity contribution in [3.05, 3.63) is 0 Å². The minimum Gasteiger partial charge on any atom is -0.480 e. The van der Waals surface area contributed by atoms with Gasteiger partial charge < -0.3 is 5.11 Å². The van der Waals surface area contributed by atoms with Crippen LogP contribution in [0.3, 0.4) is 0 Å². The highest BCUT2D eigenvalue weighted by atomic mass is 19.3. The Bertz CT molecular complexity index is 307. The van der Waals surface area contributed by atoms with Gasteiger partial charge in [0.15, 0.2) is 5.41 Å². The van der Waals surface area contributed by atoms with Crippen LogP contribution in [0.25, 0.3) is 0 Å². The van der Waals surface area contributed by atoms with Crippen molar-refractivity contribution in [2.24, 2.45) is 17.3 Å². The van der Waals surface area contributed by atoms with Crippen LogP contribution in [0.2, 0.25) is 0 Å². The third-order valence-electron chi connectivity index (χ3n) is 3.13. The van der Waals surface area contributed by atoms with Crippen molar-refractivity contribution in [3.63, 3.8) is 0 Å². The predicted molar refractivity (Wildman–Crippen MR) is 36.8 cm³/mol. The number of hydrogen-bond acceptors (Lipinski definition) is 2. The van der Waals surface area contributed by atoms with E-state index in [-0.39, 0.29) is 12.8 Å². The normalized spacial score (nSPS) is 45.0. The Kier molecular flexibility index (Phi) is 1.30. The number of hydrogen-bond donors (Lipinski definition) is 1. The zero-order chi connectivity index (χ0) is 9.85. The third-order valence-corrected chi connectivity index (χ3v) is 3.13. The van der Waals surface area contributed by atoms with Gasteiger partial charge in [0.1, 0.15) is 0 Å². The van der Waals surface area contributed by atoms with E-state index in [1.807, 2.05) is 0 Å². The molecule has 1 N–H and O–H groups in total. The van der Waals surface area contributed by atoms with E-state index in [0.717, 1.165) is 0 Å². The molecule has 0 bridgehead atoms. The number of alkyl halides is 2. The number of carboxylic acid groups (broad SMARTS) is 1. The summed E-state index contributed by atoms with van der Waals surface area (Å²) >= 11 is 0. The maximum Gasteiger partial charge on any atom is 0.324 e. The van der Waals surface area contributed by atoms with Crippen molar-refractivity contribution in [1.82, 2.24) is 0 Å². The van der Waals surface area contributed by atoms with Crippen molar-refractivity contribution in [2.45, 2.75) is 18.8 Å². The zero-order valence-corrected chi connectivity index (χ0v) is 6.63. The Morgan fingerprint density at radius 1 is 1.46 bits per heavy atom. The van der Waals surface area contributed by atoms with Crippen LogP contribution >= 0.6 is 0 Å². The summed E-state index contributed by atoms with van der Waals surface area (Å²) in [6, 6.07) is 1.64. The van der Waals surface area contributed by atoms with E-state index in [2.05, 4.69) is 0 Å². The lowest BCUT2D eigenvalue weighted by atomic mass is 9.84. The first-order valence-corrected chi connectivity index (χ1v) is 3.96. The summed E-state index contributed by atoms with van der Waals surface area (Å²) in [5.74, 6) is -5.72. The van der Waals surface area contributed by atoms with E-state index < -0.39 is 29.1 Å². The van der Waals surface area contributed by atoms with Gasteiger partial charge in [-0.05, 0) is 12.8 Å². The molecule has 2 atom stereocenters. The van der Waals surface area contributed by atoms with Crippen molar-refractivity contribution in [2.75, 3.05) is 0 Å². The largest absolute Gasteiger partial charge is 0.480 e. The second-order valence-corrected chi connectivity index (χ2v) is 3.79. The number of fused-ring (bicyclic) bond motifs is 1. The predicted octanol–water partition coefficient (Wildman–Crippen LogP) is 1.26. The Hall–Kier alpha value is -1.18. The highest BCUT2D eigenvalue weighted by molar-refractivity contribution is 5.79. The van der Waals surface area contributed by atoms with Gasteiger partial charge in [-0.1, -0.05) is 0 Å². The minimum atomic E-state index is -2.71. The molecule has 2 saturated carbocycles. The maximum atomic E-state index is 12.7. The van der Waals surface area contributed by atoms with Gasteiger partial charge in [-0.2, -0.15) is 5.26 Å². The van der Waals surface area contributed by atoms with Gasteiger partial charge >= 0.3 is 5.97 Å². The average molecular weight is 187 g/mol. The molecular weight excluding hydrogens is 180 g/mol. The number of nitriles is 1. The van der Waals surface area contributed by atoms with Crippen LogP contribution < -0.4 is 0 Å². The van der Waals surface area contributed by atoms with Crippen molar-refractivity contribution >= 4 is 5.97 Å². The van der Waals surface area contributed by atoms with Gasteiger partial charge in [0, 0.05) is 11.8 Å². The second kappa shape index (κ2) is 2.00. The van der Waals surface area contributed by atoms with Crippen LogP contribution in [0.15, 0.2) is 0 Å². The molecular formula is C8H7F2NO2. The van der Waals surface area contributed by atoms with Crippen LogP contribution in [0, 0.1) is 28.6 Å². The quantitative estimate of drug-likeness (QED) is 0.672. The van der Waals surface area contributed by atoms with Crippen molar-refractivity contribution < 1.29 is 18.7 Å². The monoisotopic (exact) mass is 187 g/mol. The Morgan fingerprint density at radius 3 is 2.23 bits per heavy atom. The Balaban J connectivity index is 2.19. The van der Waals surface area contributed by atoms with Gasteiger partial charge in [-0.25, -0.2) is 8.78 Å². The zero-order valence-electron chi connectivity index (χ0n) is 6.63. The molecule has 2 unspecified atom stereocenters. The summed E-state index contributed by atoms with van der Waals surface area (Å²) < 4.78 is 25.4. The summed E-state index contributed by atoms with van der Waals surface area (Å²) in [5.41, 5.74) is -1.54. The number of nitrogens with zero attached hydrogens (tertiary/aromatic N) is 1. The van der Waals surface area contributed by atoms with E-state index in [9.17, 15) is 13.6 Å². The molecule has 0 spiro atoms. The molecule has 0 radical (unpaired) electrons. The van der Waals surface area contributed by atoms with Gasteiger partial charge in [0.2, 0.25) is 0 Å². The van der Waals surface area contributed by atoms with E-state index in [4.69, 9.17) is 10.4 Å². The molecule has 0 aromatic heterocycles. The van der Waals surface area contributed by atoms with Gasteiger partial charge in [-0.15, -0.1) is 0 Å². The highest BCUT2D eigenvalue weighted by Gasteiger charge is 2.76. The summed E-state index contributed by atoms with van der Waals surface area (Å²) in [7, 11) is 0. The third kappa shape index (κ3) is 0.831. The number of aliphatic carboxylic acids is 1. The first-order chi connectivity index (χ1) is 5.94. The standard InChI is InChI=1S/C8H7F2NO2/c9-8(10)4-1-7(3-11,6(12)13)2-5(4)8/h4-5H,1-2H2,(H,12,13). The fourth-order valence-corrected chi connectivity index (χ4v) is 2.17. The lowest BCUT2D eigenvalue weighted by Gasteiger charge is -2.17. The van der Waals surface area contributed by atoms with Crippen molar-refractivity contribution in [1.29, 1.82) is 5.26 Å². The molecule has 2 aliphatic rings. The molecule has 0 aliphatic heterocycles. The molecule has 0 amide bonds. The van der Waals surface area contributed by atoms with Crippen LogP contribution in [0.5, 0.6) is 0 Å². The van der Waals surface area contributed by atoms with E-state index in [0.29, 0.717) is 0 Å². The molecule has 0 aromatic rings. The molecule has 70 valence electrons. The lowest BCUT2D eigenvalue weighted by molar-refractivity contribution is -0.146. The maximum absolute atomic E-state index is 12.7. The Labute approximate surface area is 73.0 Å². The molecule has 0 aromatic carbocycles. The topological polar surface area (TPSA) is 61.1 Å². The lowest BCUT2D eigenvalue weighted by Crippen LogP contribution is -2.30. The average Bonchev–Trinajstić information content (AvgIpc) is 2.52. The number of carbonyl (C=O) groups is 1. The molecule has 0 saturated heterocycles. The molecule has 3 nitrogen and oxygen atoms in total. The molecule has 2 fully saturated rings. The highest BCUT2D eigenvalue weighted by Crippen LogP contribution is 2.69. The van der Waals surface area contributed by atoms with Gasteiger partial charge in [0.05, 0.1) is 6.07 Å². The fourth-order valence-electron chi connectivity index (χ4n) is 2.17. The summed E-state index contributed by atoms with van der Waals surface area (Å²) in [5, 5.41) is 17.3. The molecule has 2 rings (SSSR count). The number of halogens is 2. The van der Waals surface area contributed by atoms with Crippen molar-refractivity contribution in [3.8, 4) is 6.07 Å². The van der Waals surface area contributed by atoms with E-state index in [1.165, 1.54) is 0 Å². The SMILES string of the molecule is N#CC1(C(=O)O)CC2C(C1)C2(F)F. The van der Waals surface area contributed by atoms with Crippen LogP contribution in [-0.4, -0.2) is 17.0 Å². The first-order valence-electron chi connectivity index (χ1n) is 3.96. The van der Waals surface area contributed by atoms with Gasteiger partial charge in [-0.3, -0.25) is 4.79 Å². The van der Waals surface area contributed by atoms with E-state index >= 15 is 0 Å². The summed E-state index contributed by atoms with van der Waals surface area (Å²) in [4.78, 5) is 10.7. The Morgan fingerprint density at radius 2 is 1.92 bits per heavy atom. The number of rotatable bonds is 1. The minimum absolute atomic E-state index is 0.198. The first kappa shape index (κ1) is 8.42. The van der Waals surface area contributed by atoms with Crippen LogP contribution in [0.1, 0.15) is 12.8 Å². The second-order valence-electron chi connectivity index (χ2n) is 3.79. The molecule has 2 aliphatic carbocycles. The van der Waals surface area contributed by atoms with Crippen LogP contribution in [0.4, 0.5) is 8.78 Å². The molecule has 13 heavy (non-hydrogen) atoms. The molecule has 0 heterocycles. The fraction of sp³-hybridized carbons (Fsp3) is 0.750. The number of carboxylic acids is 1.